The number of hydrogen-bond donors (Lipinski definition) is 1. The Hall–Kier alpha value is -3.81. The Labute approximate surface area is 190 Å². The molecule has 5 atom stereocenters. The van der Waals surface area contributed by atoms with Gasteiger partial charge < -0.3 is 5.32 Å². The first-order chi connectivity index (χ1) is 15.9. The van der Waals surface area contributed by atoms with E-state index in [1.165, 1.54) is 29.2 Å². The lowest BCUT2D eigenvalue weighted by Gasteiger charge is -2.38. The molecule has 1 heterocycles. The van der Waals surface area contributed by atoms with Crippen molar-refractivity contribution in [2.24, 2.45) is 23.7 Å². The molecule has 2 fully saturated rings. The molecule has 1 saturated carbocycles. The highest BCUT2D eigenvalue weighted by molar-refractivity contribution is 6.10. The van der Waals surface area contributed by atoms with Crippen molar-refractivity contribution in [2.45, 2.75) is 25.3 Å². The SMILES string of the molecule is O=C(Nc1ccc([N+](=O)[O-])cc1)[C@@H](Cc1ccccc1)N1C(=O)[C@@H]2[C@H](C1=O)[C@H]1C=C[C@H]2CC1. The molecule has 3 aliphatic carbocycles. The summed E-state index contributed by atoms with van der Waals surface area (Å²) in [6.45, 7) is 0. The normalized spacial score (nSPS) is 26.2. The van der Waals surface area contributed by atoms with Gasteiger partial charge in [-0.05, 0) is 42.4 Å². The van der Waals surface area contributed by atoms with E-state index in [0.717, 1.165) is 18.4 Å². The van der Waals surface area contributed by atoms with E-state index in [-0.39, 0.29) is 35.8 Å². The zero-order valence-electron chi connectivity index (χ0n) is 17.8. The number of hydrogen-bond acceptors (Lipinski definition) is 5. The fraction of sp³-hybridized carbons (Fsp3) is 0.320. The minimum absolute atomic E-state index is 0.0385. The number of likely N-dealkylation sites (tertiary alicyclic amines) is 1. The summed E-state index contributed by atoms with van der Waals surface area (Å²) in [6, 6.07) is 13.7. The number of nitrogens with one attached hydrogen (secondary N) is 1. The van der Waals surface area contributed by atoms with Crippen LogP contribution in [0.4, 0.5) is 11.4 Å². The Balaban J connectivity index is 1.44. The number of carbonyl (C=O) groups excluding carboxylic acids is 3. The second-order valence-corrected chi connectivity index (χ2v) is 8.89. The third kappa shape index (κ3) is 3.71. The zero-order chi connectivity index (χ0) is 23.1. The lowest BCUT2D eigenvalue weighted by Crippen LogP contribution is -2.49. The number of nitrogens with zero attached hydrogens (tertiary/aromatic N) is 2. The Kier molecular flexibility index (Phi) is 5.28. The molecule has 6 rings (SSSR count). The topological polar surface area (TPSA) is 110 Å². The van der Waals surface area contributed by atoms with Crippen molar-refractivity contribution in [3.05, 3.63) is 82.4 Å². The molecular formula is C25H23N3O5. The summed E-state index contributed by atoms with van der Waals surface area (Å²) in [6.07, 6.45) is 6.06. The Morgan fingerprint density at radius 1 is 0.970 bits per heavy atom. The van der Waals surface area contributed by atoms with Gasteiger partial charge >= 0.3 is 0 Å². The highest BCUT2D eigenvalue weighted by Gasteiger charge is 2.58. The lowest BCUT2D eigenvalue weighted by atomic mass is 9.63. The third-order valence-electron chi connectivity index (χ3n) is 7.03. The van der Waals surface area contributed by atoms with E-state index in [4.69, 9.17) is 0 Å². The number of benzene rings is 2. The van der Waals surface area contributed by atoms with Crippen LogP contribution in [-0.4, -0.2) is 33.6 Å². The molecule has 0 aromatic heterocycles. The molecule has 4 aliphatic rings. The summed E-state index contributed by atoms with van der Waals surface area (Å²) < 4.78 is 0. The predicted octanol–water partition coefficient (Wildman–Crippen LogP) is 3.34. The number of non-ortho nitro benzene ring substituents is 1. The maximum absolute atomic E-state index is 13.5. The number of rotatable bonds is 6. The Bertz CT molecular complexity index is 1110. The van der Waals surface area contributed by atoms with Gasteiger partial charge in [0.2, 0.25) is 17.7 Å². The van der Waals surface area contributed by atoms with Gasteiger partial charge in [0.25, 0.3) is 5.69 Å². The second kappa shape index (κ2) is 8.27. The Morgan fingerprint density at radius 2 is 1.55 bits per heavy atom. The fourth-order valence-electron chi connectivity index (χ4n) is 5.44. The molecule has 2 aromatic rings. The van der Waals surface area contributed by atoms with E-state index in [2.05, 4.69) is 5.32 Å². The van der Waals surface area contributed by atoms with Crippen LogP contribution in [0.5, 0.6) is 0 Å². The van der Waals surface area contributed by atoms with Crippen LogP contribution < -0.4 is 5.32 Å². The summed E-state index contributed by atoms with van der Waals surface area (Å²) in [5.74, 6) is -1.76. The molecule has 3 amide bonds. The number of imide groups is 1. The summed E-state index contributed by atoms with van der Waals surface area (Å²) in [5, 5.41) is 13.6. The molecule has 1 saturated heterocycles. The van der Waals surface area contributed by atoms with Crippen molar-refractivity contribution in [2.75, 3.05) is 5.32 Å². The van der Waals surface area contributed by atoms with Gasteiger partial charge in [0.05, 0.1) is 16.8 Å². The molecular weight excluding hydrogens is 422 g/mol. The minimum atomic E-state index is -1.01. The molecule has 0 radical (unpaired) electrons. The van der Waals surface area contributed by atoms with E-state index in [0.29, 0.717) is 5.69 Å². The fourth-order valence-corrected chi connectivity index (χ4v) is 5.44. The van der Waals surface area contributed by atoms with Gasteiger partial charge in [-0.3, -0.25) is 29.4 Å². The van der Waals surface area contributed by atoms with Crippen molar-refractivity contribution in [1.29, 1.82) is 0 Å². The zero-order valence-corrected chi connectivity index (χ0v) is 17.8. The smallest absolute Gasteiger partial charge is 0.269 e. The standard InChI is InChI=1S/C25H23N3O5/c29-23(26-18-10-12-19(13-11-18)28(32)33)20(14-15-4-2-1-3-5-15)27-24(30)21-16-6-7-17(9-8-16)22(21)25(27)31/h1-7,10-13,16-17,20-22H,8-9,14H2,(H,26,29)/t16-,17-,20+,21-,22+/m0/s1. The third-order valence-corrected chi connectivity index (χ3v) is 7.03. The van der Waals surface area contributed by atoms with Crippen molar-refractivity contribution in [3.63, 3.8) is 0 Å². The van der Waals surface area contributed by atoms with Crippen LogP contribution in [0.2, 0.25) is 0 Å². The maximum atomic E-state index is 13.5. The van der Waals surface area contributed by atoms with Crippen LogP contribution in [0, 0.1) is 33.8 Å². The van der Waals surface area contributed by atoms with Gasteiger partial charge in [-0.25, -0.2) is 0 Å². The first-order valence-electron chi connectivity index (χ1n) is 11.1. The van der Waals surface area contributed by atoms with Gasteiger partial charge in [-0.15, -0.1) is 0 Å². The van der Waals surface area contributed by atoms with Crippen LogP contribution in [0.15, 0.2) is 66.7 Å². The maximum Gasteiger partial charge on any atom is 0.269 e. The monoisotopic (exact) mass is 445 g/mol. The van der Waals surface area contributed by atoms with Crippen molar-refractivity contribution < 1.29 is 19.3 Å². The quantitative estimate of drug-likeness (QED) is 0.317. The van der Waals surface area contributed by atoms with Crippen LogP contribution in [0.1, 0.15) is 18.4 Å². The molecule has 8 nitrogen and oxygen atoms in total. The molecule has 1 aliphatic heterocycles. The predicted molar refractivity (Wildman–Crippen MR) is 120 cm³/mol. The summed E-state index contributed by atoms with van der Waals surface area (Å²) in [7, 11) is 0. The van der Waals surface area contributed by atoms with Gasteiger partial charge in [-0.2, -0.15) is 0 Å². The van der Waals surface area contributed by atoms with E-state index in [1.807, 2.05) is 42.5 Å². The van der Waals surface area contributed by atoms with Gasteiger partial charge in [0.1, 0.15) is 6.04 Å². The number of amides is 3. The van der Waals surface area contributed by atoms with E-state index in [9.17, 15) is 24.5 Å². The summed E-state index contributed by atoms with van der Waals surface area (Å²) >= 11 is 0. The number of allylic oxidation sites excluding steroid dienone is 2. The Morgan fingerprint density at radius 3 is 2.06 bits per heavy atom. The molecule has 2 bridgehead atoms. The van der Waals surface area contributed by atoms with Gasteiger partial charge in [-0.1, -0.05) is 42.5 Å². The molecule has 8 heteroatoms. The molecule has 0 unspecified atom stereocenters. The van der Waals surface area contributed by atoms with Crippen molar-refractivity contribution in [3.8, 4) is 0 Å². The average Bonchev–Trinajstić information content (AvgIpc) is 3.11. The highest BCUT2D eigenvalue weighted by atomic mass is 16.6. The molecule has 0 spiro atoms. The van der Waals surface area contributed by atoms with E-state index >= 15 is 0 Å². The summed E-state index contributed by atoms with van der Waals surface area (Å²) in [4.78, 5) is 51.9. The number of nitro benzene ring substituents is 1. The van der Waals surface area contributed by atoms with E-state index < -0.39 is 28.7 Å². The largest absolute Gasteiger partial charge is 0.324 e. The molecule has 168 valence electrons. The molecule has 1 N–H and O–H groups in total. The van der Waals surface area contributed by atoms with Crippen LogP contribution in [0.3, 0.4) is 0 Å². The molecule has 33 heavy (non-hydrogen) atoms. The van der Waals surface area contributed by atoms with Crippen LogP contribution >= 0.6 is 0 Å². The lowest BCUT2D eigenvalue weighted by molar-refractivity contribution is -0.384. The van der Waals surface area contributed by atoms with Gasteiger partial charge in [0, 0.05) is 24.2 Å². The second-order valence-electron chi connectivity index (χ2n) is 8.89. The van der Waals surface area contributed by atoms with Crippen LogP contribution in [-0.2, 0) is 20.8 Å². The number of nitro groups is 1. The average molecular weight is 445 g/mol. The number of anilines is 1. The first kappa shape index (κ1) is 21.1. The highest BCUT2D eigenvalue weighted by Crippen LogP contribution is 2.50. The van der Waals surface area contributed by atoms with Crippen molar-refractivity contribution >= 4 is 29.1 Å². The summed E-state index contributed by atoms with van der Waals surface area (Å²) in [5.41, 5.74) is 1.10. The molecule has 2 aromatic carbocycles. The number of fused-ring (bicyclic) bond motifs is 1. The first-order valence-corrected chi connectivity index (χ1v) is 11.1. The van der Waals surface area contributed by atoms with Gasteiger partial charge in [0.15, 0.2) is 0 Å². The van der Waals surface area contributed by atoms with Crippen molar-refractivity contribution in [1.82, 2.24) is 4.90 Å². The number of carbonyl (C=O) groups is 3. The van der Waals surface area contributed by atoms with Crippen LogP contribution in [0.25, 0.3) is 0 Å². The van der Waals surface area contributed by atoms with E-state index in [1.54, 1.807) is 0 Å². The minimum Gasteiger partial charge on any atom is -0.324 e.